The van der Waals surface area contributed by atoms with Gasteiger partial charge in [-0.05, 0) is 40.8 Å². The summed E-state index contributed by atoms with van der Waals surface area (Å²) in [5, 5.41) is 3.31. The van der Waals surface area contributed by atoms with Crippen molar-refractivity contribution in [2.75, 3.05) is 27.2 Å². The van der Waals surface area contributed by atoms with Gasteiger partial charge in [0.25, 0.3) is 0 Å². The van der Waals surface area contributed by atoms with Crippen LogP contribution in [0.25, 0.3) is 0 Å². The summed E-state index contributed by atoms with van der Waals surface area (Å²) < 4.78 is 4.91. The molecule has 0 aliphatic heterocycles. The number of carbonyl (C=O) groups excluding carboxylic acids is 1. The average Bonchev–Trinajstić information content (AvgIpc) is 2.26. The molecule has 0 spiro atoms. The van der Waals surface area contributed by atoms with Gasteiger partial charge < -0.3 is 9.64 Å². The molecule has 0 aromatic rings. The van der Waals surface area contributed by atoms with Crippen molar-refractivity contribution < 1.29 is 9.53 Å². The quantitative estimate of drug-likeness (QED) is 0.507. The van der Waals surface area contributed by atoms with Gasteiger partial charge in [-0.2, -0.15) is 0 Å². The van der Waals surface area contributed by atoms with Gasteiger partial charge in [0.05, 0.1) is 7.11 Å². The van der Waals surface area contributed by atoms with Crippen molar-refractivity contribution in [1.82, 2.24) is 10.2 Å². The van der Waals surface area contributed by atoms with E-state index in [1.807, 2.05) is 20.8 Å². The molecule has 0 aromatic heterocycles. The van der Waals surface area contributed by atoms with Gasteiger partial charge in [-0.25, -0.2) is 0 Å². The second-order valence-electron chi connectivity index (χ2n) is 5.57. The third-order valence-electron chi connectivity index (χ3n) is 2.97. The lowest BCUT2D eigenvalue weighted by atomic mass is 10.0. The Balaban J connectivity index is 4.44. The van der Waals surface area contributed by atoms with Gasteiger partial charge in [0.2, 0.25) is 0 Å². The summed E-state index contributed by atoms with van der Waals surface area (Å²) >= 11 is 0. The van der Waals surface area contributed by atoms with Crippen LogP contribution >= 0.6 is 0 Å². The largest absolute Gasteiger partial charge is 0.468 e. The van der Waals surface area contributed by atoms with E-state index < -0.39 is 5.54 Å². The normalized spacial score (nSPS) is 14.9. The van der Waals surface area contributed by atoms with E-state index in [9.17, 15) is 4.79 Å². The molecule has 0 heterocycles. The number of carbonyl (C=O) groups is 1. The van der Waals surface area contributed by atoms with Crippen molar-refractivity contribution in [1.29, 1.82) is 0 Å². The molecule has 4 nitrogen and oxygen atoms in total. The maximum atomic E-state index is 11.9. The average molecular weight is 258 g/mol. The molecule has 0 radical (unpaired) electrons. The minimum atomic E-state index is -0.635. The van der Waals surface area contributed by atoms with E-state index in [-0.39, 0.29) is 12.0 Å². The standard InChI is InChI=1S/C14H30N2O2/c1-7-8-9-10-16(5)11-14(4,13(17)18-6)15-12(2)3/h12,15H,7-11H2,1-6H3. The first-order chi connectivity index (χ1) is 8.35. The highest BCUT2D eigenvalue weighted by molar-refractivity contribution is 5.80. The molecule has 0 aromatic carbocycles. The van der Waals surface area contributed by atoms with E-state index in [1.165, 1.54) is 26.4 Å². The zero-order chi connectivity index (χ0) is 14.2. The summed E-state index contributed by atoms with van der Waals surface area (Å²) in [5.74, 6) is -0.196. The Morgan fingerprint density at radius 1 is 1.39 bits per heavy atom. The lowest BCUT2D eigenvalue weighted by molar-refractivity contribution is -0.149. The number of hydrogen-bond acceptors (Lipinski definition) is 4. The van der Waals surface area contributed by atoms with Crippen LogP contribution in [-0.2, 0) is 9.53 Å². The summed E-state index contributed by atoms with van der Waals surface area (Å²) in [6.45, 7) is 9.87. The molecule has 4 heteroatoms. The van der Waals surface area contributed by atoms with Crippen molar-refractivity contribution >= 4 is 5.97 Å². The van der Waals surface area contributed by atoms with Gasteiger partial charge in [-0.1, -0.05) is 19.8 Å². The van der Waals surface area contributed by atoms with Crippen LogP contribution < -0.4 is 5.32 Å². The zero-order valence-electron chi connectivity index (χ0n) is 12.9. The number of rotatable bonds is 9. The summed E-state index contributed by atoms with van der Waals surface area (Å²) in [7, 11) is 3.50. The Bertz CT molecular complexity index is 244. The first-order valence-electron chi connectivity index (χ1n) is 6.90. The van der Waals surface area contributed by atoms with Crippen molar-refractivity contribution in [3.8, 4) is 0 Å². The summed E-state index contributed by atoms with van der Waals surface area (Å²) in [6.07, 6.45) is 3.62. The van der Waals surface area contributed by atoms with Crippen LogP contribution in [0.3, 0.4) is 0 Å². The van der Waals surface area contributed by atoms with Gasteiger partial charge in [-0.15, -0.1) is 0 Å². The number of methoxy groups -OCH3 is 1. The van der Waals surface area contributed by atoms with Gasteiger partial charge in [0, 0.05) is 12.6 Å². The third-order valence-corrected chi connectivity index (χ3v) is 2.97. The van der Waals surface area contributed by atoms with E-state index in [2.05, 4.69) is 24.2 Å². The van der Waals surface area contributed by atoms with Crippen molar-refractivity contribution in [3.05, 3.63) is 0 Å². The molecule has 108 valence electrons. The fraction of sp³-hybridized carbons (Fsp3) is 0.929. The van der Waals surface area contributed by atoms with Crippen LogP contribution in [0, 0.1) is 0 Å². The Morgan fingerprint density at radius 2 is 2.00 bits per heavy atom. The lowest BCUT2D eigenvalue weighted by Gasteiger charge is -2.34. The van der Waals surface area contributed by atoms with Crippen LogP contribution in [0.15, 0.2) is 0 Å². The molecule has 0 saturated carbocycles. The maximum Gasteiger partial charge on any atom is 0.327 e. The highest BCUT2D eigenvalue weighted by Crippen LogP contribution is 2.11. The Kier molecular flexibility index (Phi) is 8.20. The van der Waals surface area contributed by atoms with Gasteiger partial charge in [0.1, 0.15) is 5.54 Å². The minimum Gasteiger partial charge on any atom is -0.468 e. The molecule has 0 aliphatic rings. The number of nitrogens with one attached hydrogen (secondary N) is 1. The lowest BCUT2D eigenvalue weighted by Crippen LogP contribution is -2.58. The number of nitrogens with zero attached hydrogens (tertiary/aromatic N) is 1. The van der Waals surface area contributed by atoms with Crippen LogP contribution in [0.5, 0.6) is 0 Å². The Labute approximate surface area is 112 Å². The zero-order valence-corrected chi connectivity index (χ0v) is 12.9. The Morgan fingerprint density at radius 3 is 2.44 bits per heavy atom. The molecular formula is C14H30N2O2. The number of likely N-dealkylation sites (N-methyl/N-ethyl adjacent to an activating group) is 1. The molecule has 18 heavy (non-hydrogen) atoms. The van der Waals surface area contributed by atoms with E-state index in [0.29, 0.717) is 6.54 Å². The second-order valence-corrected chi connectivity index (χ2v) is 5.57. The van der Waals surface area contributed by atoms with Crippen LogP contribution in [0.4, 0.5) is 0 Å². The summed E-state index contributed by atoms with van der Waals surface area (Å²) in [5.41, 5.74) is -0.635. The van der Waals surface area contributed by atoms with Crippen molar-refractivity contribution in [2.24, 2.45) is 0 Å². The van der Waals surface area contributed by atoms with Crippen LogP contribution in [0.1, 0.15) is 47.0 Å². The van der Waals surface area contributed by atoms with E-state index >= 15 is 0 Å². The molecule has 1 N–H and O–H groups in total. The highest BCUT2D eigenvalue weighted by atomic mass is 16.5. The molecule has 1 unspecified atom stereocenters. The number of ether oxygens (including phenoxy) is 1. The minimum absolute atomic E-state index is 0.196. The topological polar surface area (TPSA) is 41.6 Å². The molecule has 1 atom stereocenters. The fourth-order valence-corrected chi connectivity index (χ4v) is 2.28. The number of unbranched alkanes of at least 4 members (excludes halogenated alkanes) is 2. The first kappa shape index (κ1) is 17.4. The van der Waals surface area contributed by atoms with E-state index in [0.717, 1.165) is 6.54 Å². The van der Waals surface area contributed by atoms with E-state index in [4.69, 9.17) is 4.74 Å². The second kappa shape index (κ2) is 8.48. The predicted molar refractivity (Wildman–Crippen MR) is 75.7 cm³/mol. The highest BCUT2D eigenvalue weighted by Gasteiger charge is 2.35. The Hall–Kier alpha value is -0.610. The maximum absolute atomic E-state index is 11.9. The van der Waals surface area contributed by atoms with Crippen LogP contribution in [-0.4, -0.2) is 49.7 Å². The van der Waals surface area contributed by atoms with Crippen molar-refractivity contribution in [3.63, 3.8) is 0 Å². The number of hydrogen-bond donors (Lipinski definition) is 1. The van der Waals surface area contributed by atoms with Crippen LogP contribution in [0.2, 0.25) is 0 Å². The molecule has 0 aliphatic carbocycles. The predicted octanol–water partition coefficient (Wildman–Crippen LogP) is 2.04. The first-order valence-corrected chi connectivity index (χ1v) is 6.90. The smallest absolute Gasteiger partial charge is 0.327 e. The van der Waals surface area contributed by atoms with E-state index in [1.54, 1.807) is 0 Å². The summed E-state index contributed by atoms with van der Waals surface area (Å²) in [4.78, 5) is 14.1. The van der Waals surface area contributed by atoms with Crippen molar-refractivity contribution in [2.45, 2.75) is 58.5 Å². The van der Waals surface area contributed by atoms with Gasteiger partial charge in [-0.3, -0.25) is 10.1 Å². The molecule has 0 amide bonds. The molecule has 0 rings (SSSR count). The number of esters is 1. The fourth-order valence-electron chi connectivity index (χ4n) is 2.28. The molecular weight excluding hydrogens is 228 g/mol. The molecule has 0 saturated heterocycles. The SMILES string of the molecule is CCCCCN(C)CC(C)(NC(C)C)C(=O)OC. The monoisotopic (exact) mass is 258 g/mol. The summed E-state index contributed by atoms with van der Waals surface area (Å²) in [6, 6.07) is 0.248. The molecule has 0 fully saturated rings. The third kappa shape index (κ3) is 6.36. The van der Waals surface area contributed by atoms with Gasteiger partial charge >= 0.3 is 5.97 Å². The van der Waals surface area contributed by atoms with Gasteiger partial charge in [0.15, 0.2) is 0 Å². The molecule has 0 bridgehead atoms.